The molecule has 0 spiro atoms. The molecule has 0 saturated carbocycles. The highest BCUT2D eigenvalue weighted by atomic mass is 16.1. The molecule has 0 bridgehead atoms. The summed E-state index contributed by atoms with van der Waals surface area (Å²) in [7, 11) is 0. The zero-order valence-corrected chi connectivity index (χ0v) is 14.1. The molecule has 0 atom stereocenters. The Bertz CT molecular complexity index is 651. The molecule has 1 aromatic heterocycles. The molecular formula is C20H25N3O. The fourth-order valence-electron chi connectivity index (χ4n) is 3.16. The molecule has 2 heterocycles. The molecule has 1 N–H and O–H groups in total. The van der Waals surface area contributed by atoms with Gasteiger partial charge in [-0.3, -0.25) is 9.78 Å². The van der Waals surface area contributed by atoms with Gasteiger partial charge in [0.25, 0.3) is 0 Å². The number of aromatic nitrogens is 1. The van der Waals surface area contributed by atoms with E-state index in [4.69, 9.17) is 0 Å². The van der Waals surface area contributed by atoms with E-state index < -0.39 is 0 Å². The predicted octanol–water partition coefficient (Wildman–Crippen LogP) is 4.03. The number of nitrogens with one attached hydrogen (secondary N) is 1. The van der Waals surface area contributed by atoms with Crippen LogP contribution in [0.4, 0.5) is 11.4 Å². The number of hydrogen-bond donors (Lipinski definition) is 1. The average Bonchev–Trinajstić information content (AvgIpc) is 2.63. The molecule has 4 nitrogen and oxygen atoms in total. The fourth-order valence-corrected chi connectivity index (χ4v) is 3.16. The monoisotopic (exact) mass is 323 g/mol. The fraction of sp³-hybridized carbons (Fsp3) is 0.400. The molecule has 24 heavy (non-hydrogen) atoms. The summed E-state index contributed by atoms with van der Waals surface area (Å²) in [6.07, 6.45) is 9.71. The lowest BCUT2D eigenvalue weighted by Gasteiger charge is -2.29. The van der Waals surface area contributed by atoms with Crippen LogP contribution in [-0.4, -0.2) is 24.0 Å². The van der Waals surface area contributed by atoms with Crippen molar-refractivity contribution < 1.29 is 4.79 Å². The summed E-state index contributed by atoms with van der Waals surface area (Å²) in [4.78, 5) is 18.7. The van der Waals surface area contributed by atoms with E-state index in [1.807, 2.05) is 30.5 Å². The SMILES string of the molecule is O=C(CCCc1cccnc1)Nc1cccc(N2CCCCC2)c1. The quantitative estimate of drug-likeness (QED) is 0.873. The van der Waals surface area contributed by atoms with E-state index in [-0.39, 0.29) is 5.91 Å². The van der Waals surface area contributed by atoms with Crippen LogP contribution in [0.1, 0.15) is 37.7 Å². The Kier molecular flexibility index (Phi) is 5.83. The number of nitrogens with zero attached hydrogens (tertiary/aromatic N) is 2. The van der Waals surface area contributed by atoms with Crippen molar-refractivity contribution in [1.82, 2.24) is 4.98 Å². The van der Waals surface area contributed by atoms with Gasteiger partial charge in [-0.1, -0.05) is 12.1 Å². The summed E-state index contributed by atoms with van der Waals surface area (Å²) in [5.74, 6) is 0.0784. The number of carbonyl (C=O) groups is 1. The van der Waals surface area contributed by atoms with E-state index in [0.717, 1.165) is 31.6 Å². The number of piperidine rings is 1. The zero-order valence-electron chi connectivity index (χ0n) is 14.1. The molecule has 4 heteroatoms. The number of amides is 1. The molecule has 126 valence electrons. The topological polar surface area (TPSA) is 45.2 Å². The van der Waals surface area contributed by atoms with Gasteiger partial charge in [0, 0.05) is 43.3 Å². The van der Waals surface area contributed by atoms with Crippen LogP contribution >= 0.6 is 0 Å². The molecule has 1 aliphatic rings. The van der Waals surface area contributed by atoms with E-state index in [9.17, 15) is 4.79 Å². The number of anilines is 2. The number of benzene rings is 1. The highest BCUT2D eigenvalue weighted by molar-refractivity contribution is 5.91. The first kappa shape index (κ1) is 16.5. The highest BCUT2D eigenvalue weighted by Gasteiger charge is 2.11. The van der Waals surface area contributed by atoms with Gasteiger partial charge in [-0.05, 0) is 61.9 Å². The maximum atomic E-state index is 12.1. The number of carbonyl (C=O) groups excluding carboxylic acids is 1. The van der Waals surface area contributed by atoms with Gasteiger partial charge in [0.2, 0.25) is 5.91 Å². The van der Waals surface area contributed by atoms with Gasteiger partial charge in [0.15, 0.2) is 0 Å². The third-order valence-corrected chi connectivity index (χ3v) is 4.44. The molecule has 1 saturated heterocycles. The first-order valence-electron chi connectivity index (χ1n) is 8.85. The van der Waals surface area contributed by atoms with Gasteiger partial charge in [-0.15, -0.1) is 0 Å². The normalized spacial score (nSPS) is 14.4. The van der Waals surface area contributed by atoms with Crippen molar-refractivity contribution in [3.05, 3.63) is 54.4 Å². The van der Waals surface area contributed by atoms with E-state index in [2.05, 4.69) is 27.3 Å². The lowest BCUT2D eigenvalue weighted by atomic mass is 10.1. The van der Waals surface area contributed by atoms with Crippen LogP contribution in [0.3, 0.4) is 0 Å². The minimum absolute atomic E-state index is 0.0784. The third-order valence-electron chi connectivity index (χ3n) is 4.44. The van der Waals surface area contributed by atoms with E-state index in [0.29, 0.717) is 6.42 Å². The molecule has 1 aliphatic heterocycles. The predicted molar refractivity (Wildman–Crippen MR) is 98.3 cm³/mol. The number of hydrogen-bond acceptors (Lipinski definition) is 3. The summed E-state index contributed by atoms with van der Waals surface area (Å²) in [5, 5.41) is 3.03. The van der Waals surface area contributed by atoms with Crippen molar-refractivity contribution >= 4 is 17.3 Å². The Hall–Kier alpha value is -2.36. The molecule has 1 aromatic carbocycles. The molecule has 1 fully saturated rings. The minimum Gasteiger partial charge on any atom is -0.371 e. The summed E-state index contributed by atoms with van der Waals surface area (Å²) in [6.45, 7) is 2.23. The molecular weight excluding hydrogens is 298 g/mol. The van der Waals surface area contributed by atoms with Crippen LogP contribution in [-0.2, 0) is 11.2 Å². The maximum Gasteiger partial charge on any atom is 0.224 e. The number of rotatable bonds is 6. The van der Waals surface area contributed by atoms with Crippen molar-refractivity contribution in [2.24, 2.45) is 0 Å². The third kappa shape index (κ3) is 4.82. The molecule has 0 unspecified atom stereocenters. The number of aryl methyl sites for hydroxylation is 1. The zero-order chi connectivity index (χ0) is 16.6. The van der Waals surface area contributed by atoms with E-state index in [1.165, 1.54) is 30.5 Å². The first-order valence-corrected chi connectivity index (χ1v) is 8.85. The molecule has 1 amide bonds. The highest BCUT2D eigenvalue weighted by Crippen LogP contribution is 2.23. The minimum atomic E-state index is 0.0784. The van der Waals surface area contributed by atoms with Gasteiger partial charge in [0.05, 0.1) is 0 Å². The van der Waals surface area contributed by atoms with E-state index >= 15 is 0 Å². The Morgan fingerprint density at radius 3 is 2.79 bits per heavy atom. The summed E-state index contributed by atoms with van der Waals surface area (Å²) in [6, 6.07) is 12.2. The van der Waals surface area contributed by atoms with Crippen molar-refractivity contribution in [3.63, 3.8) is 0 Å². The second-order valence-electron chi connectivity index (χ2n) is 6.36. The summed E-state index contributed by atoms with van der Waals surface area (Å²) < 4.78 is 0. The summed E-state index contributed by atoms with van der Waals surface area (Å²) in [5.41, 5.74) is 3.28. The molecule has 0 radical (unpaired) electrons. The largest absolute Gasteiger partial charge is 0.371 e. The molecule has 2 aromatic rings. The van der Waals surface area contributed by atoms with Crippen LogP contribution in [0.25, 0.3) is 0 Å². The van der Waals surface area contributed by atoms with Crippen molar-refractivity contribution in [1.29, 1.82) is 0 Å². The van der Waals surface area contributed by atoms with Crippen molar-refractivity contribution in [2.75, 3.05) is 23.3 Å². The summed E-state index contributed by atoms with van der Waals surface area (Å²) >= 11 is 0. The van der Waals surface area contributed by atoms with Crippen LogP contribution < -0.4 is 10.2 Å². The van der Waals surface area contributed by atoms with Gasteiger partial charge in [-0.25, -0.2) is 0 Å². The second kappa shape index (κ2) is 8.48. The average molecular weight is 323 g/mol. The van der Waals surface area contributed by atoms with Gasteiger partial charge >= 0.3 is 0 Å². The lowest BCUT2D eigenvalue weighted by Crippen LogP contribution is -2.29. The second-order valence-corrected chi connectivity index (χ2v) is 6.36. The Balaban J connectivity index is 1.49. The standard InChI is InChI=1S/C20H25N3O/c24-20(11-4-7-17-8-6-12-21-16-17)22-18-9-5-10-19(15-18)23-13-2-1-3-14-23/h5-6,8-10,12,15-16H,1-4,7,11,13-14H2,(H,22,24). The maximum absolute atomic E-state index is 12.1. The van der Waals surface area contributed by atoms with Gasteiger partial charge < -0.3 is 10.2 Å². The van der Waals surface area contributed by atoms with Crippen LogP contribution in [0.2, 0.25) is 0 Å². The van der Waals surface area contributed by atoms with Crippen LogP contribution in [0.5, 0.6) is 0 Å². The Labute approximate surface area is 143 Å². The Morgan fingerprint density at radius 2 is 2.00 bits per heavy atom. The molecule has 3 rings (SSSR count). The lowest BCUT2D eigenvalue weighted by molar-refractivity contribution is -0.116. The van der Waals surface area contributed by atoms with Crippen molar-refractivity contribution in [2.45, 2.75) is 38.5 Å². The van der Waals surface area contributed by atoms with Crippen LogP contribution in [0, 0.1) is 0 Å². The Morgan fingerprint density at radius 1 is 1.12 bits per heavy atom. The van der Waals surface area contributed by atoms with Crippen molar-refractivity contribution in [3.8, 4) is 0 Å². The van der Waals surface area contributed by atoms with Crippen LogP contribution in [0.15, 0.2) is 48.8 Å². The first-order chi connectivity index (χ1) is 11.8. The van der Waals surface area contributed by atoms with Gasteiger partial charge in [0.1, 0.15) is 0 Å². The van der Waals surface area contributed by atoms with Gasteiger partial charge in [-0.2, -0.15) is 0 Å². The molecule has 0 aliphatic carbocycles. The van der Waals surface area contributed by atoms with E-state index in [1.54, 1.807) is 6.20 Å². The smallest absolute Gasteiger partial charge is 0.224 e. The number of pyridine rings is 1.